The van der Waals surface area contributed by atoms with Gasteiger partial charge in [0.2, 0.25) is 0 Å². The Balaban J connectivity index is 2.91. The first-order valence-electron chi connectivity index (χ1n) is 4.01. The molecule has 0 atom stereocenters. The molecule has 2 nitrogen and oxygen atoms in total. The van der Waals surface area contributed by atoms with Crippen molar-refractivity contribution in [2.45, 2.75) is 4.90 Å². The lowest BCUT2D eigenvalue weighted by Crippen LogP contribution is -1.83. The Morgan fingerprint density at radius 1 is 1.07 bits per heavy atom. The largest absolute Gasteiger partial charge is 0.227 e. The Labute approximate surface area is 91.6 Å². The molecule has 0 amide bonds. The van der Waals surface area contributed by atoms with Crippen molar-refractivity contribution in [2.24, 2.45) is 0 Å². The fourth-order valence-electron chi connectivity index (χ4n) is 1.39. The molecule has 0 heterocycles. The number of halogens is 1. The topological polar surface area (TPSA) is 34.1 Å². The van der Waals surface area contributed by atoms with Gasteiger partial charge in [-0.15, -0.1) is 0 Å². The summed E-state index contributed by atoms with van der Waals surface area (Å²) < 4.78 is 22.8. The highest BCUT2D eigenvalue weighted by Gasteiger charge is 2.02. The van der Waals surface area contributed by atoms with E-state index < -0.39 is 10.7 Å². The highest BCUT2D eigenvalue weighted by atomic mass is 79.9. The van der Waals surface area contributed by atoms with Crippen LogP contribution in [0.25, 0.3) is 10.8 Å². The molecule has 0 aliphatic rings. The molecule has 2 aromatic carbocycles. The average molecular weight is 271 g/mol. The zero-order chi connectivity index (χ0) is 10.1. The summed E-state index contributed by atoms with van der Waals surface area (Å²) in [6, 6.07) is 10.9. The minimum absolute atomic E-state index is 0.374. The molecule has 0 radical (unpaired) electrons. The first-order chi connectivity index (χ1) is 6.68. The van der Waals surface area contributed by atoms with Crippen LogP contribution in [0.2, 0.25) is 0 Å². The Kier molecular flexibility index (Phi) is 2.56. The molecule has 2 aromatic rings. The van der Waals surface area contributed by atoms with Gasteiger partial charge in [-0.1, -0.05) is 34.1 Å². The SMILES string of the molecule is O=[SH](=O)c1cccc2ccc(Br)cc12. The van der Waals surface area contributed by atoms with Crippen molar-refractivity contribution in [1.82, 2.24) is 0 Å². The Morgan fingerprint density at radius 3 is 2.57 bits per heavy atom. The summed E-state index contributed by atoms with van der Waals surface area (Å²) >= 11 is 3.32. The predicted octanol–water partition coefficient (Wildman–Crippen LogP) is 2.57. The fraction of sp³-hybridized carbons (Fsp3) is 0. The van der Waals surface area contributed by atoms with E-state index >= 15 is 0 Å². The minimum Gasteiger partial charge on any atom is -0.227 e. The van der Waals surface area contributed by atoms with Gasteiger partial charge in [-0.05, 0) is 23.6 Å². The summed E-state index contributed by atoms with van der Waals surface area (Å²) in [6.07, 6.45) is 0. The van der Waals surface area contributed by atoms with Crippen LogP contribution in [0.1, 0.15) is 0 Å². The molecule has 0 spiro atoms. The second-order valence-electron chi connectivity index (χ2n) is 2.90. The molecule has 0 unspecified atom stereocenters. The number of hydrogen-bond acceptors (Lipinski definition) is 2. The first kappa shape index (κ1) is 9.68. The lowest BCUT2D eigenvalue weighted by atomic mass is 10.1. The monoisotopic (exact) mass is 270 g/mol. The van der Waals surface area contributed by atoms with Crippen molar-refractivity contribution in [3.05, 3.63) is 40.9 Å². The zero-order valence-electron chi connectivity index (χ0n) is 7.11. The van der Waals surface area contributed by atoms with Crippen LogP contribution in [-0.2, 0) is 10.7 Å². The number of fused-ring (bicyclic) bond motifs is 1. The molecule has 0 saturated carbocycles. The molecule has 0 aromatic heterocycles. The minimum atomic E-state index is -2.53. The lowest BCUT2D eigenvalue weighted by Gasteiger charge is -2.00. The molecule has 14 heavy (non-hydrogen) atoms. The molecule has 0 bridgehead atoms. The van der Waals surface area contributed by atoms with Gasteiger partial charge in [0, 0.05) is 9.86 Å². The molecular formula is C10H7BrO2S. The van der Waals surface area contributed by atoms with Crippen molar-refractivity contribution < 1.29 is 8.42 Å². The van der Waals surface area contributed by atoms with Crippen LogP contribution in [0.4, 0.5) is 0 Å². The Bertz CT molecular complexity index is 553. The summed E-state index contributed by atoms with van der Waals surface area (Å²) in [6.45, 7) is 0. The van der Waals surface area contributed by atoms with Gasteiger partial charge in [0.05, 0.1) is 4.90 Å². The third-order valence-corrected chi connectivity index (χ3v) is 3.29. The zero-order valence-corrected chi connectivity index (χ0v) is 9.59. The van der Waals surface area contributed by atoms with Gasteiger partial charge in [-0.3, -0.25) is 0 Å². The number of rotatable bonds is 1. The number of benzene rings is 2. The molecule has 72 valence electrons. The Hall–Kier alpha value is -0.870. The van der Waals surface area contributed by atoms with Gasteiger partial charge in [-0.25, -0.2) is 8.42 Å². The molecule has 0 fully saturated rings. The average Bonchev–Trinajstić information content (AvgIpc) is 2.16. The maximum absolute atomic E-state index is 10.9. The smallest absolute Gasteiger partial charge is 0.168 e. The molecule has 0 aliphatic heterocycles. The third-order valence-electron chi connectivity index (χ3n) is 2.02. The second kappa shape index (κ2) is 3.71. The van der Waals surface area contributed by atoms with Crippen molar-refractivity contribution >= 4 is 37.4 Å². The van der Waals surface area contributed by atoms with E-state index in [1.165, 1.54) is 0 Å². The van der Waals surface area contributed by atoms with Crippen LogP contribution in [0.5, 0.6) is 0 Å². The van der Waals surface area contributed by atoms with Crippen LogP contribution < -0.4 is 0 Å². The fourth-order valence-corrected chi connectivity index (χ4v) is 2.35. The molecule has 0 saturated heterocycles. The summed E-state index contributed by atoms with van der Waals surface area (Å²) in [5.74, 6) is 0. The van der Waals surface area contributed by atoms with E-state index in [0.29, 0.717) is 4.90 Å². The molecule has 2 rings (SSSR count). The van der Waals surface area contributed by atoms with E-state index in [1.807, 2.05) is 24.3 Å². The normalized spacial score (nSPS) is 11.0. The summed E-state index contributed by atoms with van der Waals surface area (Å²) in [4.78, 5) is 0.374. The quantitative estimate of drug-likeness (QED) is 0.809. The van der Waals surface area contributed by atoms with Crippen molar-refractivity contribution in [3.63, 3.8) is 0 Å². The van der Waals surface area contributed by atoms with Gasteiger partial charge in [0.1, 0.15) is 0 Å². The summed E-state index contributed by atoms with van der Waals surface area (Å²) in [7, 11) is -2.53. The van der Waals surface area contributed by atoms with Gasteiger partial charge in [0.25, 0.3) is 0 Å². The highest BCUT2D eigenvalue weighted by Crippen LogP contribution is 2.23. The standard InChI is InChI=1S/C10H7BrO2S/c11-8-5-4-7-2-1-3-10(14(12)13)9(7)6-8/h1-6,14H. The van der Waals surface area contributed by atoms with Gasteiger partial charge >= 0.3 is 0 Å². The van der Waals surface area contributed by atoms with E-state index in [9.17, 15) is 8.42 Å². The maximum Gasteiger partial charge on any atom is 0.168 e. The van der Waals surface area contributed by atoms with Gasteiger partial charge < -0.3 is 0 Å². The highest BCUT2D eigenvalue weighted by molar-refractivity contribution is 9.10. The van der Waals surface area contributed by atoms with Crippen LogP contribution in [0.3, 0.4) is 0 Å². The van der Waals surface area contributed by atoms with Crippen LogP contribution in [-0.4, -0.2) is 8.42 Å². The van der Waals surface area contributed by atoms with Crippen molar-refractivity contribution in [3.8, 4) is 0 Å². The predicted molar refractivity (Wildman–Crippen MR) is 60.2 cm³/mol. The summed E-state index contributed by atoms with van der Waals surface area (Å²) in [5, 5.41) is 1.70. The van der Waals surface area contributed by atoms with E-state index in [4.69, 9.17) is 0 Å². The van der Waals surface area contributed by atoms with Gasteiger partial charge in [-0.2, -0.15) is 0 Å². The van der Waals surface area contributed by atoms with E-state index in [0.717, 1.165) is 15.2 Å². The van der Waals surface area contributed by atoms with Gasteiger partial charge in [0.15, 0.2) is 10.7 Å². The van der Waals surface area contributed by atoms with E-state index in [2.05, 4.69) is 15.9 Å². The van der Waals surface area contributed by atoms with Crippen LogP contribution in [0, 0.1) is 0 Å². The maximum atomic E-state index is 10.9. The third kappa shape index (κ3) is 1.67. The number of hydrogen-bond donors (Lipinski definition) is 1. The number of thiol groups is 1. The van der Waals surface area contributed by atoms with E-state index in [1.54, 1.807) is 12.1 Å². The van der Waals surface area contributed by atoms with Crippen LogP contribution >= 0.6 is 15.9 Å². The molecule has 0 N–H and O–H groups in total. The first-order valence-corrected chi connectivity index (χ1v) is 5.98. The van der Waals surface area contributed by atoms with Crippen molar-refractivity contribution in [2.75, 3.05) is 0 Å². The molecular weight excluding hydrogens is 264 g/mol. The molecule has 0 aliphatic carbocycles. The van der Waals surface area contributed by atoms with E-state index in [-0.39, 0.29) is 0 Å². The summed E-state index contributed by atoms with van der Waals surface area (Å²) in [5.41, 5.74) is 0. The molecule has 4 heteroatoms. The lowest BCUT2D eigenvalue weighted by molar-refractivity contribution is 0.615. The van der Waals surface area contributed by atoms with Crippen molar-refractivity contribution in [1.29, 1.82) is 0 Å². The van der Waals surface area contributed by atoms with Crippen LogP contribution in [0.15, 0.2) is 45.8 Å². The Morgan fingerprint density at radius 2 is 1.86 bits per heavy atom. The second-order valence-corrected chi connectivity index (χ2v) is 4.81.